The van der Waals surface area contributed by atoms with E-state index in [1.54, 1.807) is 12.1 Å². The van der Waals surface area contributed by atoms with Crippen LogP contribution < -0.4 is 10.5 Å². The van der Waals surface area contributed by atoms with E-state index in [1.807, 2.05) is 25.1 Å². The van der Waals surface area contributed by atoms with Gasteiger partial charge in [-0.15, -0.1) is 0 Å². The van der Waals surface area contributed by atoms with E-state index in [-0.39, 0.29) is 0 Å². The summed E-state index contributed by atoms with van der Waals surface area (Å²) in [6.45, 7) is 2.86. The highest BCUT2D eigenvalue weighted by Gasteiger charge is 2.12. The Morgan fingerprint density at radius 3 is 2.25 bits per heavy atom. The summed E-state index contributed by atoms with van der Waals surface area (Å²) in [5, 5.41) is 1.64. The van der Waals surface area contributed by atoms with Crippen LogP contribution >= 0.6 is 34.8 Å². The molecule has 0 unspecified atom stereocenters. The fraction of sp³-hybridized carbons (Fsp3) is 0.200. The Balaban J connectivity index is 2.50. The van der Waals surface area contributed by atoms with Gasteiger partial charge in [-0.3, -0.25) is 0 Å². The molecular formula is C15H14Cl3NO. The first-order valence-electron chi connectivity index (χ1n) is 6.17. The molecule has 2 N–H and O–H groups in total. The van der Waals surface area contributed by atoms with Crippen molar-refractivity contribution in [1.82, 2.24) is 0 Å². The second-order valence-electron chi connectivity index (χ2n) is 4.21. The lowest BCUT2D eigenvalue weighted by molar-refractivity contribution is 0.340. The van der Waals surface area contributed by atoms with Crippen LogP contribution in [-0.4, -0.2) is 6.61 Å². The first-order valence-corrected chi connectivity index (χ1v) is 7.31. The van der Waals surface area contributed by atoms with Gasteiger partial charge in [-0.25, -0.2) is 0 Å². The minimum Gasteiger partial charge on any atom is -0.492 e. The van der Waals surface area contributed by atoms with Crippen molar-refractivity contribution in [3.8, 4) is 16.9 Å². The van der Waals surface area contributed by atoms with Crippen LogP contribution in [0.25, 0.3) is 11.1 Å². The first-order chi connectivity index (χ1) is 9.56. The zero-order valence-corrected chi connectivity index (χ0v) is 13.2. The van der Waals surface area contributed by atoms with Gasteiger partial charge >= 0.3 is 0 Å². The fourth-order valence-electron chi connectivity index (χ4n) is 1.91. The Hall–Kier alpha value is -0.930. The fourth-order valence-corrected chi connectivity index (χ4v) is 2.68. The van der Waals surface area contributed by atoms with E-state index in [9.17, 15) is 0 Å². The number of nitrogens with two attached hydrogens (primary N) is 1. The molecule has 2 nitrogen and oxygen atoms in total. The quantitative estimate of drug-likeness (QED) is 0.839. The molecular weight excluding hydrogens is 317 g/mol. The van der Waals surface area contributed by atoms with Crippen LogP contribution in [0.2, 0.25) is 15.1 Å². The van der Waals surface area contributed by atoms with Crippen LogP contribution in [0.15, 0.2) is 30.3 Å². The third-order valence-corrected chi connectivity index (χ3v) is 3.80. The van der Waals surface area contributed by atoms with Crippen molar-refractivity contribution in [2.45, 2.75) is 13.5 Å². The van der Waals surface area contributed by atoms with E-state index in [0.717, 1.165) is 16.7 Å². The van der Waals surface area contributed by atoms with Crippen LogP contribution in [0.5, 0.6) is 5.75 Å². The molecule has 2 aromatic carbocycles. The Kier molecular flexibility index (Phi) is 5.17. The van der Waals surface area contributed by atoms with Crippen molar-refractivity contribution in [3.05, 3.63) is 51.0 Å². The van der Waals surface area contributed by atoms with Gasteiger partial charge in [-0.2, -0.15) is 0 Å². The maximum atomic E-state index is 6.30. The van der Waals surface area contributed by atoms with Crippen LogP contribution in [0.3, 0.4) is 0 Å². The van der Waals surface area contributed by atoms with Crippen LogP contribution in [0.4, 0.5) is 0 Å². The second-order valence-corrected chi connectivity index (χ2v) is 5.44. The molecule has 0 saturated carbocycles. The molecule has 20 heavy (non-hydrogen) atoms. The SMILES string of the molecule is CCOc1cc(Cl)c(-c2ccc(CN)cc2Cl)cc1Cl. The molecule has 2 rings (SSSR count). The van der Waals surface area contributed by atoms with Crippen molar-refractivity contribution in [1.29, 1.82) is 0 Å². The summed E-state index contributed by atoms with van der Waals surface area (Å²) in [5.74, 6) is 0.567. The van der Waals surface area contributed by atoms with Crippen molar-refractivity contribution in [3.63, 3.8) is 0 Å². The van der Waals surface area contributed by atoms with Crippen molar-refractivity contribution in [2.75, 3.05) is 6.61 Å². The van der Waals surface area contributed by atoms with Crippen LogP contribution in [-0.2, 0) is 6.54 Å². The first kappa shape index (κ1) is 15.5. The van der Waals surface area contributed by atoms with Gasteiger partial charge in [0.05, 0.1) is 16.7 Å². The van der Waals surface area contributed by atoms with Crippen LogP contribution in [0.1, 0.15) is 12.5 Å². The van der Waals surface area contributed by atoms with Crippen LogP contribution in [0, 0.1) is 0 Å². The minimum atomic E-state index is 0.442. The zero-order valence-electron chi connectivity index (χ0n) is 10.9. The maximum absolute atomic E-state index is 6.30. The number of ether oxygens (including phenoxy) is 1. The summed E-state index contributed by atoms with van der Waals surface area (Å²) >= 11 is 18.8. The molecule has 106 valence electrons. The number of hydrogen-bond donors (Lipinski definition) is 1. The number of halogens is 3. The summed E-state index contributed by atoms with van der Waals surface area (Å²) in [5.41, 5.74) is 8.15. The molecule has 0 aliphatic carbocycles. The predicted molar refractivity (Wildman–Crippen MR) is 86.0 cm³/mol. The highest BCUT2D eigenvalue weighted by molar-refractivity contribution is 6.38. The zero-order chi connectivity index (χ0) is 14.7. The largest absolute Gasteiger partial charge is 0.492 e. The van der Waals surface area contributed by atoms with E-state index in [2.05, 4.69) is 0 Å². The summed E-state index contributed by atoms with van der Waals surface area (Å²) in [6.07, 6.45) is 0. The summed E-state index contributed by atoms with van der Waals surface area (Å²) in [6, 6.07) is 9.11. The lowest BCUT2D eigenvalue weighted by Gasteiger charge is -2.12. The average molecular weight is 331 g/mol. The third-order valence-electron chi connectivity index (χ3n) is 2.88. The normalized spacial score (nSPS) is 10.7. The lowest BCUT2D eigenvalue weighted by atomic mass is 10.0. The molecule has 0 bridgehead atoms. The van der Waals surface area contributed by atoms with Crippen molar-refractivity contribution >= 4 is 34.8 Å². The standard InChI is InChI=1S/C15H14Cl3NO/c1-2-20-15-7-13(17)11(6-14(15)18)10-4-3-9(8-19)5-12(10)16/h3-7H,2,8,19H2,1H3. The monoisotopic (exact) mass is 329 g/mol. The van der Waals surface area contributed by atoms with Gasteiger partial charge in [0.2, 0.25) is 0 Å². The Morgan fingerprint density at radius 1 is 0.950 bits per heavy atom. The molecule has 0 heterocycles. The maximum Gasteiger partial charge on any atom is 0.139 e. The highest BCUT2D eigenvalue weighted by Crippen LogP contribution is 2.39. The Bertz CT molecular complexity index is 629. The van der Waals surface area contributed by atoms with Gasteiger partial charge in [0.1, 0.15) is 5.75 Å². The van der Waals surface area contributed by atoms with Gasteiger partial charge in [0, 0.05) is 28.8 Å². The molecule has 0 radical (unpaired) electrons. The molecule has 0 atom stereocenters. The molecule has 0 aromatic heterocycles. The molecule has 0 amide bonds. The number of rotatable bonds is 4. The smallest absolute Gasteiger partial charge is 0.139 e. The van der Waals surface area contributed by atoms with Crippen molar-refractivity contribution < 1.29 is 4.74 Å². The third kappa shape index (κ3) is 3.21. The molecule has 2 aromatic rings. The van der Waals surface area contributed by atoms with E-state index in [4.69, 9.17) is 45.3 Å². The van der Waals surface area contributed by atoms with E-state index in [1.165, 1.54) is 0 Å². The molecule has 0 saturated heterocycles. The Morgan fingerprint density at radius 2 is 1.65 bits per heavy atom. The molecule has 5 heteroatoms. The van der Waals surface area contributed by atoms with E-state index >= 15 is 0 Å². The molecule has 0 spiro atoms. The number of hydrogen-bond acceptors (Lipinski definition) is 2. The van der Waals surface area contributed by atoms with E-state index in [0.29, 0.717) is 34.0 Å². The Labute approximate surface area is 133 Å². The van der Waals surface area contributed by atoms with E-state index < -0.39 is 0 Å². The van der Waals surface area contributed by atoms with Gasteiger partial charge in [-0.1, -0.05) is 46.9 Å². The molecule has 0 aliphatic heterocycles. The van der Waals surface area contributed by atoms with Gasteiger partial charge in [0.15, 0.2) is 0 Å². The predicted octanol–water partition coefficient (Wildman–Crippen LogP) is 5.17. The summed E-state index contributed by atoms with van der Waals surface area (Å²) in [7, 11) is 0. The van der Waals surface area contributed by atoms with Gasteiger partial charge in [-0.05, 0) is 24.6 Å². The highest BCUT2D eigenvalue weighted by atomic mass is 35.5. The average Bonchev–Trinajstić information content (AvgIpc) is 2.43. The minimum absolute atomic E-state index is 0.442. The summed E-state index contributed by atoms with van der Waals surface area (Å²) < 4.78 is 5.41. The summed E-state index contributed by atoms with van der Waals surface area (Å²) in [4.78, 5) is 0. The second kappa shape index (κ2) is 6.68. The van der Waals surface area contributed by atoms with Crippen molar-refractivity contribution in [2.24, 2.45) is 5.73 Å². The van der Waals surface area contributed by atoms with Gasteiger partial charge < -0.3 is 10.5 Å². The topological polar surface area (TPSA) is 35.2 Å². The van der Waals surface area contributed by atoms with Gasteiger partial charge in [0.25, 0.3) is 0 Å². The molecule has 0 aliphatic rings. The molecule has 0 fully saturated rings. The number of benzene rings is 2. The lowest BCUT2D eigenvalue weighted by Crippen LogP contribution is -1.96.